The summed E-state index contributed by atoms with van der Waals surface area (Å²) in [5.74, 6) is 0.187. The second kappa shape index (κ2) is 6.46. The minimum Gasteiger partial charge on any atom is -0.380 e. The quantitative estimate of drug-likeness (QED) is 0.878. The van der Waals surface area contributed by atoms with Crippen LogP contribution in [-0.2, 0) is 17.9 Å². The first-order valence-electron chi connectivity index (χ1n) is 7.07. The van der Waals surface area contributed by atoms with E-state index >= 15 is 0 Å². The van der Waals surface area contributed by atoms with E-state index in [9.17, 15) is 4.79 Å². The van der Waals surface area contributed by atoms with Gasteiger partial charge in [-0.05, 0) is 30.0 Å². The van der Waals surface area contributed by atoms with Gasteiger partial charge < -0.3 is 15.5 Å². The minimum absolute atomic E-state index is 0. The zero-order valence-corrected chi connectivity index (χ0v) is 12.6. The highest BCUT2D eigenvalue weighted by Crippen LogP contribution is 2.26. The molecule has 1 aromatic carbocycles. The fraction of sp³-hybridized carbons (Fsp3) is 0.533. The first-order valence-corrected chi connectivity index (χ1v) is 7.07. The van der Waals surface area contributed by atoms with E-state index in [1.165, 1.54) is 16.8 Å². The molecule has 1 atom stereocenters. The van der Waals surface area contributed by atoms with Crippen molar-refractivity contribution >= 4 is 24.0 Å². The number of amides is 1. The van der Waals surface area contributed by atoms with Gasteiger partial charge in [-0.2, -0.15) is 0 Å². The van der Waals surface area contributed by atoms with Crippen LogP contribution in [-0.4, -0.2) is 29.9 Å². The molecule has 1 aromatic rings. The summed E-state index contributed by atoms with van der Waals surface area (Å²) in [6.45, 7) is 5.30. The normalized spacial score (nSPS) is 21.1. The molecule has 20 heavy (non-hydrogen) atoms. The Bertz CT molecular complexity index is 492. The maximum atomic E-state index is 11.5. The third-order valence-corrected chi connectivity index (χ3v) is 4.12. The summed E-state index contributed by atoms with van der Waals surface area (Å²) in [4.78, 5) is 13.4. The molecule has 0 spiro atoms. The van der Waals surface area contributed by atoms with Crippen LogP contribution in [0.3, 0.4) is 0 Å². The summed E-state index contributed by atoms with van der Waals surface area (Å²) in [7, 11) is 0. The Morgan fingerprint density at radius 1 is 1.40 bits per heavy atom. The molecular weight excluding hydrogens is 274 g/mol. The Hall–Kier alpha value is -1.26. The molecule has 2 aliphatic heterocycles. The van der Waals surface area contributed by atoms with Crippen LogP contribution in [0.25, 0.3) is 0 Å². The number of benzene rings is 1. The number of fused-ring (bicyclic) bond motifs is 1. The van der Waals surface area contributed by atoms with Crippen LogP contribution in [0, 0.1) is 0 Å². The van der Waals surface area contributed by atoms with E-state index in [-0.39, 0.29) is 18.3 Å². The highest BCUT2D eigenvalue weighted by molar-refractivity contribution is 5.85. The maximum absolute atomic E-state index is 11.5. The molecule has 0 bridgehead atoms. The van der Waals surface area contributed by atoms with E-state index in [1.54, 1.807) is 6.92 Å². The second-order valence-corrected chi connectivity index (χ2v) is 5.50. The first-order chi connectivity index (χ1) is 9.24. The van der Waals surface area contributed by atoms with Gasteiger partial charge in [-0.3, -0.25) is 4.79 Å². The number of nitrogens with zero attached hydrogens (tertiary/aromatic N) is 1. The van der Waals surface area contributed by atoms with Crippen molar-refractivity contribution in [3.8, 4) is 0 Å². The lowest BCUT2D eigenvalue weighted by Gasteiger charge is -2.33. The molecule has 0 unspecified atom stereocenters. The number of piperidine rings is 1. The Labute approximate surface area is 126 Å². The highest BCUT2D eigenvalue weighted by atomic mass is 35.5. The third kappa shape index (κ3) is 3.07. The van der Waals surface area contributed by atoms with Crippen LogP contribution < -0.4 is 10.6 Å². The molecule has 2 aliphatic rings. The number of rotatable bonds is 2. The summed E-state index contributed by atoms with van der Waals surface area (Å²) in [5, 5.41) is 7.02. The monoisotopic (exact) mass is 295 g/mol. The number of hydrogen-bond donors (Lipinski definition) is 2. The predicted molar refractivity (Wildman–Crippen MR) is 83.1 cm³/mol. The van der Waals surface area contributed by atoms with Crippen molar-refractivity contribution in [3.63, 3.8) is 0 Å². The fourth-order valence-electron chi connectivity index (χ4n) is 3.07. The lowest BCUT2D eigenvalue weighted by Crippen LogP contribution is -2.44. The molecule has 2 N–H and O–H groups in total. The van der Waals surface area contributed by atoms with E-state index in [4.69, 9.17) is 0 Å². The highest BCUT2D eigenvalue weighted by Gasteiger charge is 2.23. The number of likely N-dealkylation sites (tertiary alicyclic amines) is 1. The van der Waals surface area contributed by atoms with Crippen molar-refractivity contribution < 1.29 is 4.79 Å². The van der Waals surface area contributed by atoms with Crippen molar-refractivity contribution in [2.24, 2.45) is 0 Å². The van der Waals surface area contributed by atoms with Gasteiger partial charge in [0.1, 0.15) is 0 Å². The van der Waals surface area contributed by atoms with Crippen molar-refractivity contribution in [1.29, 1.82) is 0 Å². The maximum Gasteiger partial charge on any atom is 0.219 e. The summed E-state index contributed by atoms with van der Waals surface area (Å²) in [5.41, 5.74) is 4.02. The standard InChI is InChI=1S/C15H21N3O.ClH/c1-11(19)18-7-3-5-13(10-18)17-15-6-2-4-12-8-16-9-14(12)15;/h2,4,6,13,16-17H,3,5,7-10H2,1H3;1H/t13-;/m1./s1. The smallest absolute Gasteiger partial charge is 0.219 e. The van der Waals surface area contributed by atoms with Crippen LogP contribution in [0.15, 0.2) is 18.2 Å². The molecule has 0 aliphatic carbocycles. The number of nitrogens with one attached hydrogen (secondary N) is 2. The van der Waals surface area contributed by atoms with Gasteiger partial charge in [-0.1, -0.05) is 12.1 Å². The Kier molecular flexibility index (Phi) is 4.89. The molecule has 5 heteroatoms. The van der Waals surface area contributed by atoms with Gasteiger partial charge in [0.25, 0.3) is 0 Å². The molecule has 1 amide bonds. The van der Waals surface area contributed by atoms with Gasteiger partial charge >= 0.3 is 0 Å². The van der Waals surface area contributed by atoms with E-state index < -0.39 is 0 Å². The zero-order valence-electron chi connectivity index (χ0n) is 11.8. The topological polar surface area (TPSA) is 44.4 Å². The fourth-order valence-corrected chi connectivity index (χ4v) is 3.07. The zero-order chi connectivity index (χ0) is 13.2. The van der Waals surface area contributed by atoms with Gasteiger partial charge in [0.2, 0.25) is 5.91 Å². The van der Waals surface area contributed by atoms with Gasteiger partial charge in [0, 0.05) is 44.8 Å². The van der Waals surface area contributed by atoms with Crippen LogP contribution in [0.5, 0.6) is 0 Å². The van der Waals surface area contributed by atoms with E-state index in [0.717, 1.165) is 39.0 Å². The Morgan fingerprint density at radius 2 is 2.25 bits per heavy atom. The molecule has 4 nitrogen and oxygen atoms in total. The lowest BCUT2D eigenvalue weighted by atomic mass is 10.0. The van der Waals surface area contributed by atoms with E-state index in [0.29, 0.717) is 6.04 Å². The number of carbonyl (C=O) groups is 1. The predicted octanol–water partition coefficient (Wildman–Crippen LogP) is 2.13. The molecule has 2 heterocycles. The van der Waals surface area contributed by atoms with Crippen LogP contribution in [0.4, 0.5) is 5.69 Å². The largest absolute Gasteiger partial charge is 0.380 e. The number of anilines is 1. The number of halogens is 1. The molecule has 0 saturated carbocycles. The van der Waals surface area contributed by atoms with Gasteiger partial charge in [0.15, 0.2) is 0 Å². The summed E-state index contributed by atoms with van der Waals surface area (Å²) < 4.78 is 0. The van der Waals surface area contributed by atoms with Gasteiger partial charge in [-0.25, -0.2) is 0 Å². The van der Waals surface area contributed by atoms with Gasteiger partial charge in [-0.15, -0.1) is 12.4 Å². The van der Waals surface area contributed by atoms with Crippen molar-refractivity contribution in [2.45, 2.75) is 38.9 Å². The molecule has 1 saturated heterocycles. The van der Waals surface area contributed by atoms with Crippen LogP contribution in [0.1, 0.15) is 30.9 Å². The minimum atomic E-state index is 0. The van der Waals surface area contributed by atoms with Gasteiger partial charge in [0.05, 0.1) is 0 Å². The molecule has 1 fully saturated rings. The summed E-state index contributed by atoms with van der Waals surface area (Å²) >= 11 is 0. The summed E-state index contributed by atoms with van der Waals surface area (Å²) in [6.07, 6.45) is 2.23. The number of carbonyl (C=O) groups excluding carboxylic acids is 1. The molecule has 0 aromatic heterocycles. The Morgan fingerprint density at radius 3 is 3.05 bits per heavy atom. The Balaban J connectivity index is 0.00000147. The first kappa shape index (κ1) is 15.1. The number of hydrogen-bond acceptors (Lipinski definition) is 3. The van der Waals surface area contributed by atoms with Crippen LogP contribution in [0.2, 0.25) is 0 Å². The summed E-state index contributed by atoms with van der Waals surface area (Å²) in [6, 6.07) is 6.83. The lowest BCUT2D eigenvalue weighted by molar-refractivity contribution is -0.129. The third-order valence-electron chi connectivity index (χ3n) is 4.12. The van der Waals surface area contributed by atoms with Crippen LogP contribution >= 0.6 is 12.4 Å². The average molecular weight is 296 g/mol. The SMILES string of the molecule is CC(=O)N1CCC[C@@H](Nc2cccc3c2CNC3)C1.Cl. The molecule has 0 radical (unpaired) electrons. The average Bonchev–Trinajstić information content (AvgIpc) is 2.88. The molecular formula is C15H22ClN3O. The van der Waals surface area contributed by atoms with E-state index in [1.807, 2.05) is 4.90 Å². The van der Waals surface area contributed by atoms with E-state index in [2.05, 4.69) is 28.8 Å². The second-order valence-electron chi connectivity index (χ2n) is 5.50. The molecule has 110 valence electrons. The molecule has 3 rings (SSSR count). The van der Waals surface area contributed by atoms with Crippen molar-refractivity contribution in [2.75, 3.05) is 18.4 Å². The van der Waals surface area contributed by atoms with Crippen molar-refractivity contribution in [1.82, 2.24) is 10.2 Å². The van der Waals surface area contributed by atoms with Crippen molar-refractivity contribution in [3.05, 3.63) is 29.3 Å².